The van der Waals surface area contributed by atoms with Crippen molar-refractivity contribution in [1.82, 2.24) is 19.6 Å². The highest BCUT2D eigenvalue weighted by atomic mass is 16.2. The van der Waals surface area contributed by atoms with Gasteiger partial charge in [0.25, 0.3) is 0 Å². The molecule has 2 fully saturated rings. The molecule has 6 nitrogen and oxygen atoms in total. The van der Waals surface area contributed by atoms with Crippen molar-refractivity contribution in [3.8, 4) is 0 Å². The molecule has 0 bridgehead atoms. The van der Waals surface area contributed by atoms with Gasteiger partial charge in [-0.3, -0.25) is 9.69 Å². The molecule has 0 N–H and O–H groups in total. The molecular weight excluding hydrogens is 244 g/mol. The lowest BCUT2D eigenvalue weighted by molar-refractivity contribution is -0.133. The molecule has 1 aliphatic heterocycles. The van der Waals surface area contributed by atoms with E-state index in [1.165, 1.54) is 12.8 Å². The van der Waals surface area contributed by atoms with E-state index in [1.807, 2.05) is 11.9 Å². The molecule has 2 rings (SSSR count). The van der Waals surface area contributed by atoms with Crippen LogP contribution in [0.3, 0.4) is 0 Å². The summed E-state index contributed by atoms with van der Waals surface area (Å²) < 4.78 is 0. The molecule has 19 heavy (non-hydrogen) atoms. The number of carbonyl (C=O) groups is 2. The summed E-state index contributed by atoms with van der Waals surface area (Å²) in [6.45, 7) is 3.08. The lowest BCUT2D eigenvalue weighted by Gasteiger charge is -2.36. The Bertz CT molecular complexity index is 347. The van der Waals surface area contributed by atoms with E-state index in [9.17, 15) is 9.59 Å². The van der Waals surface area contributed by atoms with Crippen LogP contribution in [0.25, 0.3) is 0 Å². The Labute approximate surface area is 114 Å². The summed E-state index contributed by atoms with van der Waals surface area (Å²) in [4.78, 5) is 31.3. The number of urea groups is 1. The Morgan fingerprint density at radius 2 is 1.53 bits per heavy atom. The second-order valence-electron chi connectivity index (χ2n) is 5.69. The van der Waals surface area contributed by atoms with Crippen LogP contribution in [-0.4, -0.2) is 91.4 Å². The molecule has 3 amide bonds. The summed E-state index contributed by atoms with van der Waals surface area (Å²) in [6.07, 6.45) is 2.43. The van der Waals surface area contributed by atoms with Crippen molar-refractivity contribution in [2.75, 3.05) is 53.9 Å². The van der Waals surface area contributed by atoms with Crippen LogP contribution in [0.2, 0.25) is 0 Å². The molecule has 2 aliphatic rings. The minimum absolute atomic E-state index is 0.0298. The number of likely N-dealkylation sites (N-methyl/N-ethyl adjacent to an activating group) is 1. The lowest BCUT2D eigenvalue weighted by atomic mass is 10.3. The minimum atomic E-state index is 0.0298. The van der Waals surface area contributed by atoms with Gasteiger partial charge >= 0.3 is 6.03 Å². The summed E-state index contributed by atoms with van der Waals surface area (Å²) in [5.41, 5.74) is 0. The highest BCUT2D eigenvalue weighted by Crippen LogP contribution is 2.25. The molecule has 0 radical (unpaired) electrons. The molecule has 0 aromatic rings. The van der Waals surface area contributed by atoms with E-state index in [2.05, 4.69) is 4.90 Å². The van der Waals surface area contributed by atoms with Crippen LogP contribution in [0.15, 0.2) is 0 Å². The van der Waals surface area contributed by atoms with Crippen molar-refractivity contribution in [1.29, 1.82) is 0 Å². The van der Waals surface area contributed by atoms with Gasteiger partial charge in [0, 0.05) is 46.3 Å². The summed E-state index contributed by atoms with van der Waals surface area (Å²) in [7, 11) is 5.52. The minimum Gasteiger partial charge on any atom is -0.338 e. The zero-order chi connectivity index (χ0) is 14.0. The molecule has 1 saturated heterocycles. The van der Waals surface area contributed by atoms with Crippen molar-refractivity contribution in [3.63, 3.8) is 0 Å². The largest absolute Gasteiger partial charge is 0.338 e. The maximum atomic E-state index is 12.1. The quantitative estimate of drug-likeness (QED) is 0.718. The topological polar surface area (TPSA) is 47.1 Å². The third-order valence-electron chi connectivity index (χ3n) is 3.84. The van der Waals surface area contributed by atoms with Crippen molar-refractivity contribution in [2.24, 2.45) is 0 Å². The first-order valence-electron chi connectivity index (χ1n) is 6.93. The second kappa shape index (κ2) is 5.77. The van der Waals surface area contributed by atoms with Gasteiger partial charge in [-0.05, 0) is 19.9 Å². The Balaban J connectivity index is 1.75. The maximum Gasteiger partial charge on any atom is 0.319 e. The van der Waals surface area contributed by atoms with Crippen LogP contribution < -0.4 is 0 Å². The van der Waals surface area contributed by atoms with E-state index < -0.39 is 0 Å². The average Bonchev–Trinajstić information content (AvgIpc) is 3.22. The van der Waals surface area contributed by atoms with Gasteiger partial charge in [0.1, 0.15) is 0 Å². The van der Waals surface area contributed by atoms with Crippen molar-refractivity contribution in [2.45, 2.75) is 18.9 Å². The highest BCUT2D eigenvalue weighted by molar-refractivity contribution is 5.79. The first-order chi connectivity index (χ1) is 8.99. The van der Waals surface area contributed by atoms with Gasteiger partial charge in [0.2, 0.25) is 5.91 Å². The van der Waals surface area contributed by atoms with Crippen LogP contribution in [0.4, 0.5) is 4.79 Å². The first kappa shape index (κ1) is 14.1. The number of hydrogen-bond acceptors (Lipinski definition) is 3. The van der Waals surface area contributed by atoms with Crippen LogP contribution in [0.5, 0.6) is 0 Å². The monoisotopic (exact) mass is 268 g/mol. The van der Waals surface area contributed by atoms with E-state index in [1.54, 1.807) is 23.9 Å². The predicted molar refractivity (Wildman–Crippen MR) is 72.9 cm³/mol. The van der Waals surface area contributed by atoms with E-state index >= 15 is 0 Å². The third kappa shape index (κ3) is 3.59. The Morgan fingerprint density at radius 3 is 2.00 bits per heavy atom. The summed E-state index contributed by atoms with van der Waals surface area (Å²) in [5, 5.41) is 0. The lowest BCUT2D eigenvalue weighted by Crippen LogP contribution is -2.54. The van der Waals surface area contributed by atoms with Gasteiger partial charge in [0.15, 0.2) is 0 Å². The van der Waals surface area contributed by atoms with E-state index in [-0.39, 0.29) is 11.9 Å². The molecule has 1 heterocycles. The van der Waals surface area contributed by atoms with Crippen molar-refractivity contribution >= 4 is 11.9 Å². The smallest absolute Gasteiger partial charge is 0.319 e. The van der Waals surface area contributed by atoms with Gasteiger partial charge < -0.3 is 14.7 Å². The fraction of sp³-hybridized carbons (Fsp3) is 0.846. The zero-order valence-electron chi connectivity index (χ0n) is 12.1. The average molecular weight is 268 g/mol. The van der Waals surface area contributed by atoms with Crippen molar-refractivity contribution < 1.29 is 9.59 Å². The molecule has 108 valence electrons. The molecule has 6 heteroatoms. The number of carbonyl (C=O) groups excluding carboxylic acids is 2. The number of hydrogen-bond donors (Lipinski definition) is 0. The molecule has 1 saturated carbocycles. The van der Waals surface area contributed by atoms with Crippen molar-refractivity contribution in [3.05, 3.63) is 0 Å². The Kier molecular flexibility index (Phi) is 4.29. The summed E-state index contributed by atoms with van der Waals surface area (Å²) in [5.74, 6) is 0.186. The SMILES string of the molecule is CN(C)C(=O)N1CCN(C(=O)CN(C)C2CC2)CC1. The standard InChI is InChI=1S/C13H24N4O2/c1-14(2)13(19)17-8-6-16(7-9-17)12(18)10-15(3)11-4-5-11/h11H,4-10H2,1-3H3. The molecular formula is C13H24N4O2. The molecule has 1 aliphatic carbocycles. The second-order valence-corrected chi connectivity index (χ2v) is 5.69. The number of rotatable bonds is 3. The normalized spacial score (nSPS) is 19.8. The van der Waals surface area contributed by atoms with E-state index in [0.717, 1.165) is 0 Å². The first-order valence-corrected chi connectivity index (χ1v) is 6.93. The fourth-order valence-corrected chi connectivity index (χ4v) is 2.39. The third-order valence-corrected chi connectivity index (χ3v) is 3.84. The molecule has 0 aromatic heterocycles. The Morgan fingerprint density at radius 1 is 1.00 bits per heavy atom. The van der Waals surface area contributed by atoms with Gasteiger partial charge in [-0.25, -0.2) is 4.79 Å². The number of amides is 3. The van der Waals surface area contributed by atoms with Gasteiger partial charge in [-0.15, -0.1) is 0 Å². The Hall–Kier alpha value is -1.30. The fourth-order valence-electron chi connectivity index (χ4n) is 2.39. The van der Waals surface area contributed by atoms with Crippen LogP contribution >= 0.6 is 0 Å². The summed E-state index contributed by atoms with van der Waals surface area (Å²) in [6, 6.07) is 0.641. The van der Waals surface area contributed by atoms with E-state index in [0.29, 0.717) is 38.8 Å². The molecule has 0 atom stereocenters. The predicted octanol–water partition coefficient (Wildman–Crippen LogP) is -0.0936. The molecule has 0 unspecified atom stereocenters. The van der Waals surface area contributed by atoms with Gasteiger partial charge in [-0.2, -0.15) is 0 Å². The van der Waals surface area contributed by atoms with Gasteiger partial charge in [0.05, 0.1) is 6.54 Å². The highest BCUT2D eigenvalue weighted by Gasteiger charge is 2.30. The molecule has 0 spiro atoms. The van der Waals surface area contributed by atoms with Crippen LogP contribution in [0.1, 0.15) is 12.8 Å². The van der Waals surface area contributed by atoms with Crippen LogP contribution in [-0.2, 0) is 4.79 Å². The molecule has 0 aromatic carbocycles. The summed E-state index contributed by atoms with van der Waals surface area (Å²) >= 11 is 0. The van der Waals surface area contributed by atoms with E-state index in [4.69, 9.17) is 0 Å². The number of piperazine rings is 1. The zero-order valence-corrected chi connectivity index (χ0v) is 12.1. The maximum absolute atomic E-state index is 12.1. The van der Waals surface area contributed by atoms with Crippen LogP contribution in [0, 0.1) is 0 Å². The number of nitrogens with zero attached hydrogens (tertiary/aromatic N) is 4. The van der Waals surface area contributed by atoms with Gasteiger partial charge in [-0.1, -0.05) is 0 Å².